The molecule has 3 N–H and O–H groups in total. The topological polar surface area (TPSA) is 105 Å². The van der Waals surface area contributed by atoms with Gasteiger partial charge in [0.15, 0.2) is 17.1 Å². The molecule has 7 nitrogen and oxygen atoms in total. The molecule has 1 aromatic heterocycles. The number of phenolic OH excluding ortho intramolecular Hbond substituents is 2. The maximum atomic E-state index is 11.9. The van der Waals surface area contributed by atoms with E-state index in [1.165, 1.54) is 23.9 Å². The second-order valence-corrected chi connectivity index (χ2v) is 6.13. The average molecular weight is 360 g/mol. The standard InChI is InChI=1S/C17H16N2O5S/c1-23-11-3-5-15-12(7-11)19-17(24-15)25-9-16(22)18-8-10-2-4-13(20)14(21)6-10/h2-7,20-21H,8-9H2,1H3,(H,18,22). The number of aromatic hydroxyl groups is 2. The summed E-state index contributed by atoms with van der Waals surface area (Å²) in [7, 11) is 1.58. The van der Waals surface area contributed by atoms with E-state index in [1.54, 1.807) is 31.4 Å². The number of hydrogen-bond donors (Lipinski definition) is 3. The van der Waals surface area contributed by atoms with Crippen molar-refractivity contribution in [3.8, 4) is 17.2 Å². The van der Waals surface area contributed by atoms with Gasteiger partial charge in [-0.25, -0.2) is 4.98 Å². The third-order valence-corrected chi connectivity index (χ3v) is 4.26. The predicted molar refractivity (Wildman–Crippen MR) is 92.9 cm³/mol. The minimum Gasteiger partial charge on any atom is -0.504 e. The molecule has 8 heteroatoms. The molecule has 1 heterocycles. The first-order valence-corrected chi connectivity index (χ1v) is 8.38. The number of aromatic nitrogens is 1. The zero-order valence-corrected chi connectivity index (χ0v) is 14.2. The first-order chi connectivity index (χ1) is 12.0. The van der Waals surface area contributed by atoms with Gasteiger partial charge < -0.3 is 24.7 Å². The van der Waals surface area contributed by atoms with Gasteiger partial charge in [0.05, 0.1) is 12.9 Å². The number of thioether (sulfide) groups is 1. The van der Waals surface area contributed by atoms with Crippen molar-refractivity contribution in [1.29, 1.82) is 0 Å². The molecule has 0 atom stereocenters. The number of fused-ring (bicyclic) bond motifs is 1. The molecule has 3 aromatic rings. The molecular formula is C17H16N2O5S. The van der Waals surface area contributed by atoms with E-state index in [4.69, 9.17) is 9.15 Å². The van der Waals surface area contributed by atoms with Crippen LogP contribution in [-0.4, -0.2) is 34.0 Å². The number of oxazole rings is 1. The molecular weight excluding hydrogens is 344 g/mol. The minimum atomic E-state index is -0.219. The van der Waals surface area contributed by atoms with E-state index in [0.29, 0.717) is 27.6 Å². The Kier molecular flexibility index (Phi) is 4.99. The summed E-state index contributed by atoms with van der Waals surface area (Å²) in [5.41, 5.74) is 1.98. The van der Waals surface area contributed by atoms with Crippen LogP contribution in [-0.2, 0) is 11.3 Å². The third kappa shape index (κ3) is 4.16. The molecule has 0 unspecified atom stereocenters. The Morgan fingerprint density at radius 1 is 1.24 bits per heavy atom. The lowest BCUT2D eigenvalue weighted by atomic mass is 10.2. The van der Waals surface area contributed by atoms with Gasteiger partial charge in [0.1, 0.15) is 11.3 Å². The summed E-state index contributed by atoms with van der Waals surface area (Å²) in [6.07, 6.45) is 0. The quantitative estimate of drug-likeness (QED) is 0.458. The molecule has 2 aromatic carbocycles. The second-order valence-electron chi connectivity index (χ2n) is 5.20. The van der Waals surface area contributed by atoms with Gasteiger partial charge in [0.2, 0.25) is 5.91 Å². The van der Waals surface area contributed by atoms with E-state index >= 15 is 0 Å². The van der Waals surface area contributed by atoms with Gasteiger partial charge in [0, 0.05) is 12.6 Å². The predicted octanol–water partition coefficient (Wildman–Crippen LogP) is 2.66. The van der Waals surface area contributed by atoms with Gasteiger partial charge in [-0.2, -0.15) is 0 Å². The van der Waals surface area contributed by atoms with Crippen molar-refractivity contribution in [3.05, 3.63) is 42.0 Å². The molecule has 0 bridgehead atoms. The van der Waals surface area contributed by atoms with Crippen LogP contribution in [0, 0.1) is 0 Å². The van der Waals surface area contributed by atoms with Crippen LogP contribution in [0.2, 0.25) is 0 Å². The number of carbonyl (C=O) groups excluding carboxylic acids is 1. The van der Waals surface area contributed by atoms with E-state index in [-0.39, 0.29) is 29.7 Å². The number of hydrogen-bond acceptors (Lipinski definition) is 7. The van der Waals surface area contributed by atoms with Crippen molar-refractivity contribution < 1.29 is 24.2 Å². The molecule has 0 aliphatic rings. The summed E-state index contributed by atoms with van der Waals surface area (Å²) in [6, 6.07) is 9.70. The summed E-state index contributed by atoms with van der Waals surface area (Å²) in [6.45, 7) is 0.248. The average Bonchev–Trinajstić information content (AvgIpc) is 3.02. The molecule has 0 radical (unpaired) electrons. The van der Waals surface area contributed by atoms with Crippen LogP contribution in [0.25, 0.3) is 11.1 Å². The highest BCUT2D eigenvalue weighted by Crippen LogP contribution is 2.26. The van der Waals surface area contributed by atoms with Gasteiger partial charge in [0.25, 0.3) is 5.22 Å². The Labute approximate surface area is 147 Å². The van der Waals surface area contributed by atoms with E-state index in [1.807, 2.05) is 0 Å². The number of ether oxygens (including phenoxy) is 1. The summed E-state index contributed by atoms with van der Waals surface area (Å²) in [4.78, 5) is 16.2. The summed E-state index contributed by atoms with van der Waals surface area (Å²) < 4.78 is 10.7. The molecule has 0 spiro atoms. The lowest BCUT2D eigenvalue weighted by molar-refractivity contribution is -0.118. The highest BCUT2D eigenvalue weighted by Gasteiger charge is 2.10. The first kappa shape index (κ1) is 17.0. The second kappa shape index (κ2) is 7.35. The van der Waals surface area contributed by atoms with Gasteiger partial charge in [-0.05, 0) is 29.8 Å². The van der Waals surface area contributed by atoms with E-state index in [9.17, 15) is 15.0 Å². The SMILES string of the molecule is COc1ccc2oc(SCC(=O)NCc3ccc(O)c(O)c3)nc2c1. The minimum absolute atomic E-state index is 0.147. The molecule has 130 valence electrons. The third-order valence-electron chi connectivity index (χ3n) is 3.43. The van der Waals surface area contributed by atoms with Crippen molar-refractivity contribution in [1.82, 2.24) is 10.3 Å². The van der Waals surface area contributed by atoms with E-state index in [0.717, 1.165) is 0 Å². The Hall–Kier alpha value is -2.87. The molecule has 25 heavy (non-hydrogen) atoms. The number of amides is 1. The van der Waals surface area contributed by atoms with Crippen molar-refractivity contribution in [3.63, 3.8) is 0 Å². The maximum absolute atomic E-state index is 11.9. The van der Waals surface area contributed by atoms with E-state index in [2.05, 4.69) is 10.3 Å². The lowest BCUT2D eigenvalue weighted by Gasteiger charge is -2.05. The van der Waals surface area contributed by atoms with Gasteiger partial charge in [-0.1, -0.05) is 17.8 Å². The summed E-state index contributed by atoms with van der Waals surface area (Å²) >= 11 is 1.19. The van der Waals surface area contributed by atoms with Crippen molar-refractivity contribution in [2.45, 2.75) is 11.8 Å². The Morgan fingerprint density at radius 2 is 2.08 bits per heavy atom. The summed E-state index contributed by atoms with van der Waals surface area (Å²) in [5, 5.41) is 21.8. The van der Waals surface area contributed by atoms with Crippen molar-refractivity contribution in [2.24, 2.45) is 0 Å². The number of nitrogens with zero attached hydrogens (tertiary/aromatic N) is 1. The van der Waals surface area contributed by atoms with Crippen LogP contribution in [0.5, 0.6) is 17.2 Å². The highest BCUT2D eigenvalue weighted by molar-refractivity contribution is 7.99. The number of phenols is 2. The maximum Gasteiger partial charge on any atom is 0.257 e. The number of methoxy groups -OCH3 is 1. The summed E-state index contributed by atoms with van der Waals surface area (Å²) in [5.74, 6) is 0.222. The smallest absolute Gasteiger partial charge is 0.257 e. The monoisotopic (exact) mass is 360 g/mol. The number of nitrogens with one attached hydrogen (secondary N) is 1. The van der Waals surface area contributed by atoms with Crippen LogP contribution in [0.4, 0.5) is 0 Å². The van der Waals surface area contributed by atoms with Crippen LogP contribution >= 0.6 is 11.8 Å². The lowest BCUT2D eigenvalue weighted by Crippen LogP contribution is -2.24. The molecule has 0 saturated heterocycles. The zero-order valence-electron chi connectivity index (χ0n) is 13.4. The number of rotatable bonds is 6. The van der Waals surface area contributed by atoms with Crippen LogP contribution in [0.15, 0.2) is 46.0 Å². The molecule has 0 fully saturated rings. The van der Waals surface area contributed by atoms with Crippen LogP contribution in [0.1, 0.15) is 5.56 Å². The molecule has 0 saturated carbocycles. The fraction of sp³-hybridized carbons (Fsp3) is 0.176. The fourth-order valence-corrected chi connectivity index (χ4v) is 2.80. The largest absolute Gasteiger partial charge is 0.504 e. The highest BCUT2D eigenvalue weighted by atomic mass is 32.2. The number of carbonyl (C=O) groups is 1. The van der Waals surface area contributed by atoms with Gasteiger partial charge in [-0.3, -0.25) is 4.79 Å². The van der Waals surface area contributed by atoms with Crippen molar-refractivity contribution >= 4 is 28.8 Å². The van der Waals surface area contributed by atoms with Gasteiger partial charge in [-0.15, -0.1) is 0 Å². The normalized spacial score (nSPS) is 10.8. The van der Waals surface area contributed by atoms with Crippen molar-refractivity contribution in [2.75, 3.05) is 12.9 Å². The molecule has 0 aliphatic heterocycles. The Balaban J connectivity index is 1.54. The molecule has 1 amide bonds. The Morgan fingerprint density at radius 3 is 2.84 bits per heavy atom. The zero-order chi connectivity index (χ0) is 17.8. The molecule has 3 rings (SSSR count). The van der Waals surface area contributed by atoms with Gasteiger partial charge >= 0.3 is 0 Å². The fourth-order valence-electron chi connectivity index (χ4n) is 2.13. The number of benzene rings is 2. The Bertz CT molecular complexity index is 909. The van der Waals surface area contributed by atoms with Crippen LogP contribution < -0.4 is 10.1 Å². The molecule has 0 aliphatic carbocycles. The van der Waals surface area contributed by atoms with E-state index < -0.39 is 0 Å². The first-order valence-electron chi connectivity index (χ1n) is 7.40. The van der Waals surface area contributed by atoms with Crippen LogP contribution in [0.3, 0.4) is 0 Å².